The molecule has 1 unspecified atom stereocenters. The maximum atomic E-state index is 12.9. The van der Waals surface area contributed by atoms with E-state index in [1.165, 1.54) is 29.2 Å². The molecule has 10 nitrogen and oxygen atoms in total. The van der Waals surface area contributed by atoms with Gasteiger partial charge in [0.25, 0.3) is 5.91 Å². The van der Waals surface area contributed by atoms with Crippen molar-refractivity contribution in [2.75, 3.05) is 13.1 Å². The van der Waals surface area contributed by atoms with Crippen LogP contribution in [0.4, 0.5) is 4.79 Å². The predicted octanol–water partition coefficient (Wildman–Crippen LogP) is 1.80. The SMILES string of the molecule is CC(C)C[C@H](NC(=O)OCc1ccncc1)C(=O)NC1CN(C(=O)c2ccc(C#N)cc2)CC1=O. The third kappa shape index (κ3) is 7.11. The Kier molecular flexibility index (Phi) is 8.51. The highest BCUT2D eigenvalue weighted by Crippen LogP contribution is 2.14. The summed E-state index contributed by atoms with van der Waals surface area (Å²) in [6.07, 6.45) is 2.75. The van der Waals surface area contributed by atoms with Crippen molar-refractivity contribution in [3.63, 3.8) is 0 Å². The van der Waals surface area contributed by atoms with Crippen molar-refractivity contribution >= 4 is 23.7 Å². The van der Waals surface area contributed by atoms with Crippen LogP contribution >= 0.6 is 0 Å². The van der Waals surface area contributed by atoms with Crippen molar-refractivity contribution in [1.29, 1.82) is 5.26 Å². The van der Waals surface area contributed by atoms with E-state index in [9.17, 15) is 19.2 Å². The summed E-state index contributed by atoms with van der Waals surface area (Å²) in [6.45, 7) is 3.72. The Bertz CT molecular complexity index is 1110. The minimum absolute atomic E-state index is 0.0182. The van der Waals surface area contributed by atoms with Crippen molar-refractivity contribution in [3.8, 4) is 6.07 Å². The minimum Gasteiger partial charge on any atom is -0.445 e. The lowest BCUT2D eigenvalue weighted by Gasteiger charge is -2.22. The molecule has 2 heterocycles. The minimum atomic E-state index is -0.906. The van der Waals surface area contributed by atoms with Gasteiger partial charge in [0.05, 0.1) is 18.2 Å². The maximum Gasteiger partial charge on any atom is 0.408 e. The van der Waals surface area contributed by atoms with Gasteiger partial charge >= 0.3 is 6.09 Å². The maximum absolute atomic E-state index is 12.9. The number of carbonyl (C=O) groups excluding carboxylic acids is 4. The monoisotopic (exact) mass is 477 g/mol. The molecule has 3 amide bonds. The molecule has 1 aliphatic rings. The standard InChI is InChI=1S/C25H27N5O5/c1-16(2)11-20(29-25(34)35-15-18-7-9-27-10-8-18)23(32)28-21-13-30(14-22(21)31)24(33)19-5-3-17(12-26)4-6-19/h3-10,16,20-21H,11,13-15H2,1-2H3,(H,28,32)(H,29,34)/t20-,21?/m0/s1. The molecule has 182 valence electrons. The molecule has 1 aromatic carbocycles. The number of nitriles is 1. The van der Waals surface area contributed by atoms with Gasteiger partial charge in [0.2, 0.25) is 5.91 Å². The molecule has 1 fully saturated rings. The van der Waals surface area contributed by atoms with Crippen LogP contribution in [-0.2, 0) is 20.9 Å². The molecule has 0 spiro atoms. The number of hydrogen-bond acceptors (Lipinski definition) is 7. The number of ketones is 1. The molecule has 10 heteroatoms. The van der Waals surface area contributed by atoms with Gasteiger partial charge < -0.3 is 20.3 Å². The van der Waals surface area contributed by atoms with Crippen LogP contribution in [-0.4, -0.2) is 58.7 Å². The summed E-state index contributed by atoms with van der Waals surface area (Å²) in [5, 5.41) is 14.1. The second kappa shape index (κ2) is 11.7. The van der Waals surface area contributed by atoms with E-state index in [0.717, 1.165) is 5.56 Å². The average Bonchev–Trinajstić information content (AvgIpc) is 3.22. The summed E-state index contributed by atoms with van der Waals surface area (Å²) < 4.78 is 5.20. The molecular formula is C25H27N5O5. The molecule has 2 aromatic rings. The molecule has 2 atom stereocenters. The Morgan fingerprint density at radius 1 is 1.17 bits per heavy atom. The normalized spacial score (nSPS) is 15.9. The van der Waals surface area contributed by atoms with Gasteiger partial charge in [-0.3, -0.25) is 19.4 Å². The first-order valence-corrected chi connectivity index (χ1v) is 11.2. The first-order chi connectivity index (χ1) is 16.8. The van der Waals surface area contributed by atoms with E-state index in [0.29, 0.717) is 17.5 Å². The van der Waals surface area contributed by atoms with Gasteiger partial charge in [-0.15, -0.1) is 0 Å². The van der Waals surface area contributed by atoms with Crippen molar-refractivity contribution < 1.29 is 23.9 Å². The lowest BCUT2D eigenvalue weighted by molar-refractivity contribution is -0.127. The summed E-state index contributed by atoms with van der Waals surface area (Å²) >= 11 is 0. The Hall–Kier alpha value is -4.26. The molecular weight excluding hydrogens is 450 g/mol. The number of ether oxygens (including phenoxy) is 1. The fraction of sp³-hybridized carbons (Fsp3) is 0.360. The van der Waals surface area contributed by atoms with Crippen molar-refractivity contribution in [3.05, 3.63) is 65.5 Å². The number of nitrogens with zero attached hydrogens (tertiary/aromatic N) is 3. The molecule has 1 saturated heterocycles. The van der Waals surface area contributed by atoms with E-state index in [1.807, 2.05) is 19.9 Å². The summed E-state index contributed by atoms with van der Waals surface area (Å²) in [5.74, 6) is -1.11. The van der Waals surface area contributed by atoms with E-state index >= 15 is 0 Å². The number of amides is 3. The van der Waals surface area contributed by atoms with Crippen LogP contribution in [0.1, 0.15) is 41.8 Å². The van der Waals surface area contributed by atoms with E-state index in [2.05, 4.69) is 15.6 Å². The zero-order valence-electron chi connectivity index (χ0n) is 19.6. The van der Waals surface area contributed by atoms with E-state index in [4.69, 9.17) is 10.00 Å². The number of benzene rings is 1. The summed E-state index contributed by atoms with van der Waals surface area (Å²) in [5.41, 5.74) is 1.52. The number of Topliss-reactive ketones (excluding diaryl/α,β-unsaturated/α-hetero) is 1. The average molecular weight is 478 g/mol. The summed E-state index contributed by atoms with van der Waals surface area (Å²) in [7, 11) is 0. The van der Waals surface area contributed by atoms with Crippen molar-refractivity contribution in [2.45, 2.75) is 39.0 Å². The van der Waals surface area contributed by atoms with E-state index in [1.54, 1.807) is 24.5 Å². The van der Waals surface area contributed by atoms with Crippen molar-refractivity contribution in [2.24, 2.45) is 5.92 Å². The molecule has 0 saturated carbocycles. The Balaban J connectivity index is 1.58. The lowest BCUT2D eigenvalue weighted by Crippen LogP contribution is -2.52. The fourth-order valence-electron chi connectivity index (χ4n) is 3.62. The second-order valence-corrected chi connectivity index (χ2v) is 8.66. The largest absolute Gasteiger partial charge is 0.445 e. The highest BCUT2D eigenvalue weighted by Gasteiger charge is 2.36. The zero-order valence-corrected chi connectivity index (χ0v) is 19.6. The first kappa shape index (κ1) is 25.4. The van der Waals surface area contributed by atoms with Crippen LogP contribution in [0.5, 0.6) is 0 Å². The van der Waals surface area contributed by atoms with Gasteiger partial charge in [0, 0.05) is 24.5 Å². The summed E-state index contributed by atoms with van der Waals surface area (Å²) in [4.78, 5) is 55.7. The molecule has 3 rings (SSSR count). The zero-order chi connectivity index (χ0) is 25.4. The van der Waals surface area contributed by atoms with Crippen LogP contribution in [0.15, 0.2) is 48.8 Å². The topological polar surface area (TPSA) is 141 Å². The first-order valence-electron chi connectivity index (χ1n) is 11.2. The number of alkyl carbamates (subject to hydrolysis) is 1. The van der Waals surface area contributed by atoms with Crippen LogP contribution < -0.4 is 10.6 Å². The van der Waals surface area contributed by atoms with Gasteiger partial charge in [-0.2, -0.15) is 5.26 Å². The quantitative estimate of drug-likeness (QED) is 0.590. The number of rotatable bonds is 8. The highest BCUT2D eigenvalue weighted by molar-refractivity contribution is 6.01. The van der Waals surface area contributed by atoms with Gasteiger partial charge in [0.15, 0.2) is 5.78 Å². The van der Waals surface area contributed by atoms with Crippen LogP contribution in [0, 0.1) is 17.2 Å². The van der Waals surface area contributed by atoms with Gasteiger partial charge in [-0.25, -0.2) is 4.79 Å². The van der Waals surface area contributed by atoms with E-state index in [-0.39, 0.29) is 37.3 Å². The molecule has 2 N–H and O–H groups in total. The number of hydrogen-bond donors (Lipinski definition) is 2. The second-order valence-electron chi connectivity index (χ2n) is 8.66. The number of carbonyl (C=O) groups is 4. The van der Waals surface area contributed by atoms with Gasteiger partial charge in [0.1, 0.15) is 18.7 Å². The van der Waals surface area contributed by atoms with E-state index < -0.39 is 24.1 Å². The number of aromatic nitrogens is 1. The van der Waals surface area contributed by atoms with Gasteiger partial charge in [-0.05, 0) is 54.3 Å². The Morgan fingerprint density at radius 3 is 2.49 bits per heavy atom. The van der Waals surface area contributed by atoms with Crippen molar-refractivity contribution in [1.82, 2.24) is 20.5 Å². The molecule has 35 heavy (non-hydrogen) atoms. The third-order valence-corrected chi connectivity index (χ3v) is 5.44. The van der Waals surface area contributed by atoms with Crippen LogP contribution in [0.25, 0.3) is 0 Å². The van der Waals surface area contributed by atoms with Crippen LogP contribution in [0.2, 0.25) is 0 Å². The smallest absolute Gasteiger partial charge is 0.408 e. The Morgan fingerprint density at radius 2 is 1.86 bits per heavy atom. The molecule has 1 aliphatic heterocycles. The van der Waals surface area contributed by atoms with Crippen LogP contribution in [0.3, 0.4) is 0 Å². The predicted molar refractivity (Wildman–Crippen MR) is 125 cm³/mol. The molecule has 0 aliphatic carbocycles. The molecule has 0 bridgehead atoms. The molecule has 1 aromatic heterocycles. The fourth-order valence-corrected chi connectivity index (χ4v) is 3.62. The molecule has 0 radical (unpaired) electrons. The number of nitrogens with one attached hydrogen (secondary N) is 2. The lowest BCUT2D eigenvalue weighted by atomic mass is 10.0. The van der Waals surface area contributed by atoms with Gasteiger partial charge in [-0.1, -0.05) is 13.8 Å². The highest BCUT2D eigenvalue weighted by atomic mass is 16.5. The number of pyridine rings is 1. The summed E-state index contributed by atoms with van der Waals surface area (Å²) in [6, 6.07) is 9.72. The third-order valence-electron chi connectivity index (χ3n) is 5.44. The number of likely N-dealkylation sites (tertiary alicyclic amines) is 1. The Labute approximate surface area is 203 Å².